The van der Waals surface area contributed by atoms with Gasteiger partial charge in [-0.25, -0.2) is 0 Å². The van der Waals surface area contributed by atoms with Crippen LogP contribution >= 0.6 is 0 Å². The van der Waals surface area contributed by atoms with Gasteiger partial charge in [0.25, 0.3) is 5.91 Å². The van der Waals surface area contributed by atoms with E-state index in [4.69, 9.17) is 0 Å². The summed E-state index contributed by atoms with van der Waals surface area (Å²) in [5.41, 5.74) is 8.35. The maximum Gasteiger partial charge on any atom is 0.276 e. The molecular formula is C27H21N5O. The first kappa shape index (κ1) is 19.4. The Labute approximate surface area is 190 Å². The van der Waals surface area contributed by atoms with Crippen LogP contribution in [0, 0.1) is 0 Å². The van der Waals surface area contributed by atoms with Gasteiger partial charge in [0, 0.05) is 35.1 Å². The Hall–Kier alpha value is -4.32. The van der Waals surface area contributed by atoms with Gasteiger partial charge >= 0.3 is 0 Å². The minimum atomic E-state index is -0.279. The Kier molecular flexibility index (Phi) is 4.69. The maximum absolute atomic E-state index is 13.1. The summed E-state index contributed by atoms with van der Waals surface area (Å²) in [5.74, 6) is -0.279. The van der Waals surface area contributed by atoms with Crippen LogP contribution in [0.1, 0.15) is 28.0 Å². The fraction of sp³-hybridized carbons (Fsp3) is 0.111. The van der Waals surface area contributed by atoms with Crippen molar-refractivity contribution in [3.63, 3.8) is 0 Å². The summed E-state index contributed by atoms with van der Waals surface area (Å²) >= 11 is 0. The van der Waals surface area contributed by atoms with Crippen molar-refractivity contribution < 1.29 is 4.79 Å². The molecule has 6 heteroatoms. The number of aryl methyl sites for hydroxylation is 2. The van der Waals surface area contributed by atoms with Gasteiger partial charge in [-0.1, -0.05) is 30.3 Å². The topological polar surface area (TPSA) is 83.6 Å². The number of carbonyl (C=O) groups excluding carboxylic acids is 1. The predicted octanol–water partition coefficient (Wildman–Crippen LogP) is 5.43. The molecule has 0 spiro atoms. The molecule has 5 aromatic rings. The summed E-state index contributed by atoms with van der Waals surface area (Å²) in [5, 5.41) is 11.0. The Morgan fingerprint density at radius 1 is 0.727 bits per heavy atom. The number of nitrogens with zero attached hydrogens (tertiary/aromatic N) is 3. The lowest BCUT2D eigenvalue weighted by molar-refractivity contribution is 0.102. The van der Waals surface area contributed by atoms with Gasteiger partial charge in [0.15, 0.2) is 5.69 Å². The third kappa shape index (κ3) is 3.76. The van der Waals surface area contributed by atoms with Crippen LogP contribution in [0.15, 0.2) is 79.4 Å². The van der Waals surface area contributed by atoms with Crippen molar-refractivity contribution in [1.29, 1.82) is 0 Å². The average molecular weight is 431 g/mol. The van der Waals surface area contributed by atoms with E-state index in [1.807, 2.05) is 42.9 Å². The van der Waals surface area contributed by atoms with Crippen LogP contribution < -0.4 is 5.32 Å². The molecule has 0 fully saturated rings. The van der Waals surface area contributed by atoms with Crippen molar-refractivity contribution in [2.45, 2.75) is 19.3 Å². The van der Waals surface area contributed by atoms with Crippen molar-refractivity contribution in [3.05, 3.63) is 96.2 Å². The van der Waals surface area contributed by atoms with Crippen LogP contribution in [0.5, 0.6) is 0 Å². The number of benzene rings is 2. The van der Waals surface area contributed by atoms with Crippen molar-refractivity contribution in [2.75, 3.05) is 5.32 Å². The number of pyridine rings is 2. The number of hydrogen-bond donors (Lipinski definition) is 2. The number of anilines is 1. The molecule has 0 radical (unpaired) electrons. The minimum absolute atomic E-state index is 0.279. The summed E-state index contributed by atoms with van der Waals surface area (Å²) in [7, 11) is 0. The maximum atomic E-state index is 13.1. The number of hydrogen-bond acceptors (Lipinski definition) is 4. The number of H-pyrrole nitrogens is 1. The van der Waals surface area contributed by atoms with Crippen LogP contribution in [0.25, 0.3) is 33.2 Å². The molecule has 0 unspecified atom stereocenters. The molecule has 2 aromatic carbocycles. The molecule has 0 saturated heterocycles. The van der Waals surface area contributed by atoms with Gasteiger partial charge in [0.05, 0.1) is 17.4 Å². The highest BCUT2D eigenvalue weighted by molar-refractivity contribution is 6.11. The largest absolute Gasteiger partial charge is 0.319 e. The molecule has 0 saturated carbocycles. The molecule has 6 rings (SSSR count). The van der Waals surface area contributed by atoms with E-state index >= 15 is 0 Å². The highest BCUT2D eigenvalue weighted by atomic mass is 16.1. The zero-order valence-electron chi connectivity index (χ0n) is 17.9. The monoisotopic (exact) mass is 431 g/mol. The van der Waals surface area contributed by atoms with Crippen LogP contribution in [-0.2, 0) is 12.8 Å². The Morgan fingerprint density at radius 2 is 1.52 bits per heavy atom. The third-order valence-corrected chi connectivity index (χ3v) is 6.09. The lowest BCUT2D eigenvalue weighted by Crippen LogP contribution is -2.13. The van der Waals surface area contributed by atoms with Crippen molar-refractivity contribution in [3.8, 4) is 22.3 Å². The number of carbonyl (C=O) groups is 1. The molecule has 1 amide bonds. The number of rotatable bonds is 0. The van der Waals surface area contributed by atoms with Crippen molar-refractivity contribution >= 4 is 22.5 Å². The lowest BCUT2D eigenvalue weighted by atomic mass is 9.98. The molecule has 2 N–H and O–H groups in total. The van der Waals surface area contributed by atoms with Gasteiger partial charge < -0.3 is 5.32 Å². The normalized spacial score (nSPS) is 13.4. The van der Waals surface area contributed by atoms with E-state index in [9.17, 15) is 4.79 Å². The van der Waals surface area contributed by atoms with Crippen LogP contribution in [0.2, 0.25) is 0 Å². The van der Waals surface area contributed by atoms with Gasteiger partial charge in [-0.15, -0.1) is 0 Å². The van der Waals surface area contributed by atoms with E-state index in [0.29, 0.717) is 11.4 Å². The second-order valence-corrected chi connectivity index (χ2v) is 8.38. The Balaban J connectivity index is 1.49. The molecule has 33 heavy (non-hydrogen) atoms. The first-order valence-corrected chi connectivity index (χ1v) is 11.0. The van der Waals surface area contributed by atoms with E-state index < -0.39 is 0 Å². The second kappa shape index (κ2) is 7.98. The quantitative estimate of drug-likeness (QED) is 0.343. The smallest absolute Gasteiger partial charge is 0.276 e. The van der Waals surface area contributed by atoms with Gasteiger partial charge in [0.1, 0.15) is 0 Å². The molecule has 1 aliphatic rings. The first-order chi connectivity index (χ1) is 16.2. The molecule has 4 heterocycles. The van der Waals surface area contributed by atoms with Crippen molar-refractivity contribution in [1.82, 2.24) is 20.2 Å². The van der Waals surface area contributed by atoms with Crippen LogP contribution in [0.4, 0.5) is 5.69 Å². The van der Waals surface area contributed by atoms with Crippen LogP contribution in [0.3, 0.4) is 0 Å². The van der Waals surface area contributed by atoms with Gasteiger partial charge in [-0.2, -0.15) is 5.10 Å². The second-order valence-electron chi connectivity index (χ2n) is 8.38. The number of aromatic amines is 1. The van der Waals surface area contributed by atoms with Crippen molar-refractivity contribution in [2.24, 2.45) is 0 Å². The zero-order valence-corrected chi connectivity index (χ0v) is 17.9. The Morgan fingerprint density at radius 3 is 2.45 bits per heavy atom. The minimum Gasteiger partial charge on any atom is -0.319 e. The summed E-state index contributed by atoms with van der Waals surface area (Å²) < 4.78 is 0. The lowest BCUT2D eigenvalue weighted by Gasteiger charge is -2.10. The number of nitrogens with one attached hydrogen (secondary N) is 2. The summed E-state index contributed by atoms with van der Waals surface area (Å²) in [6, 6.07) is 18.6. The fourth-order valence-electron chi connectivity index (χ4n) is 4.41. The van der Waals surface area contributed by atoms with Gasteiger partial charge in [0.2, 0.25) is 0 Å². The van der Waals surface area contributed by atoms with E-state index in [-0.39, 0.29) is 5.91 Å². The zero-order chi connectivity index (χ0) is 22.2. The molecule has 160 valence electrons. The van der Waals surface area contributed by atoms with E-state index in [2.05, 4.69) is 55.8 Å². The number of fused-ring (bicyclic) bond motifs is 9. The molecule has 1 aliphatic heterocycles. The molecule has 3 aromatic heterocycles. The molecule has 0 atom stereocenters. The van der Waals surface area contributed by atoms with Crippen LogP contribution in [-0.4, -0.2) is 26.1 Å². The average Bonchev–Trinajstić information content (AvgIpc) is 3.28. The van der Waals surface area contributed by atoms with Gasteiger partial charge in [-0.3, -0.25) is 19.9 Å². The molecule has 6 nitrogen and oxygen atoms in total. The van der Waals surface area contributed by atoms with E-state index in [1.54, 1.807) is 6.20 Å². The summed E-state index contributed by atoms with van der Waals surface area (Å²) in [6.07, 6.45) is 10.2. The van der Waals surface area contributed by atoms with Gasteiger partial charge in [-0.05, 0) is 65.8 Å². The highest BCUT2D eigenvalue weighted by Crippen LogP contribution is 2.28. The summed E-state index contributed by atoms with van der Waals surface area (Å²) in [4.78, 5) is 21.9. The highest BCUT2D eigenvalue weighted by Gasteiger charge is 2.16. The van der Waals surface area contributed by atoms with E-state index in [0.717, 1.165) is 52.4 Å². The SMILES string of the molecule is O=C1Nc2cncc(c2)-c2cccc(c2)CCCc2cncc(c2)-c2ccc3[nH]nc1c3c2. The third-order valence-electron chi connectivity index (χ3n) is 6.09. The number of amides is 1. The molecule has 0 aliphatic carbocycles. The fourth-order valence-corrected chi connectivity index (χ4v) is 4.41. The first-order valence-electron chi connectivity index (χ1n) is 11.0. The Bertz CT molecular complexity index is 1500. The predicted molar refractivity (Wildman–Crippen MR) is 129 cm³/mol. The number of aromatic nitrogens is 4. The standard InChI is InChI=1S/C27H21N5O/c33-27-26-24-12-20(7-8-25(24)31-32-26)21-10-18(13-28-14-21)5-1-3-17-4-2-6-19(9-17)22-11-23(30-27)16-29-15-22/h2,4,6-16H,1,3,5H2,(H,30,33)(H,31,32). The molecular weight excluding hydrogens is 410 g/mol. The van der Waals surface area contributed by atoms with E-state index in [1.165, 1.54) is 11.1 Å². The molecule has 8 bridgehead atoms. The summed E-state index contributed by atoms with van der Waals surface area (Å²) in [6.45, 7) is 0.